The predicted octanol–water partition coefficient (Wildman–Crippen LogP) is 9.74. The zero-order valence-corrected chi connectivity index (χ0v) is 33.1. The molecule has 1 aromatic carbocycles. The van der Waals surface area contributed by atoms with E-state index in [0.29, 0.717) is 50.0 Å². The van der Waals surface area contributed by atoms with Gasteiger partial charge in [-0.3, -0.25) is 9.59 Å². The molecule has 0 radical (unpaired) electrons. The van der Waals surface area contributed by atoms with E-state index >= 15 is 0 Å². The first kappa shape index (κ1) is 42.0. The quantitative estimate of drug-likeness (QED) is 0.0479. The zero-order valence-electron chi connectivity index (χ0n) is 28.9. The smallest absolute Gasteiger partial charge is 0.307 e. The molecular formula is C34H60NO4PS4. The Bertz CT molecular complexity index is 922. The summed E-state index contributed by atoms with van der Waals surface area (Å²) in [5.74, 6) is 2.33. The molecule has 0 aliphatic heterocycles. The Labute approximate surface area is 287 Å². The number of ether oxygens (including phenoxy) is 2. The molecule has 1 rings (SSSR count). The minimum atomic E-state index is -0.177. The molecule has 0 saturated heterocycles. The fraction of sp³-hybridized carbons (Fsp3) is 0.765. The molecule has 0 saturated carbocycles. The van der Waals surface area contributed by atoms with Crippen molar-refractivity contribution in [2.45, 2.75) is 81.1 Å². The summed E-state index contributed by atoms with van der Waals surface area (Å²) in [6.45, 7) is 23.6. The molecule has 0 amide bonds. The van der Waals surface area contributed by atoms with Gasteiger partial charge in [0.1, 0.15) is 13.2 Å². The van der Waals surface area contributed by atoms with E-state index in [0.717, 1.165) is 30.2 Å². The third kappa shape index (κ3) is 25.1. The monoisotopic (exact) mass is 705 g/mol. The lowest BCUT2D eigenvalue weighted by atomic mass is 9.77. The third-order valence-corrected chi connectivity index (χ3v) is 15.2. The van der Waals surface area contributed by atoms with Crippen molar-refractivity contribution in [1.82, 2.24) is 4.90 Å². The fourth-order valence-corrected chi connectivity index (χ4v) is 13.7. The van der Waals surface area contributed by atoms with Crippen molar-refractivity contribution in [3.63, 3.8) is 0 Å². The Hall–Kier alpha value is -0.0500. The Morgan fingerprint density at radius 3 is 1.82 bits per heavy atom. The highest BCUT2D eigenvalue weighted by atomic mass is 33.1. The highest BCUT2D eigenvalue weighted by Gasteiger charge is 2.25. The van der Waals surface area contributed by atoms with Gasteiger partial charge in [0.25, 0.3) is 0 Å². The molecule has 44 heavy (non-hydrogen) atoms. The summed E-state index contributed by atoms with van der Waals surface area (Å²) in [6.07, 6.45) is 3.97. The van der Waals surface area contributed by atoms with E-state index in [9.17, 15) is 9.59 Å². The van der Waals surface area contributed by atoms with E-state index in [2.05, 4.69) is 79.1 Å². The topological polar surface area (TPSA) is 55.8 Å². The number of carbonyl (C=O) groups is 2. The van der Waals surface area contributed by atoms with E-state index in [1.165, 1.54) is 23.6 Å². The fourth-order valence-electron chi connectivity index (χ4n) is 5.08. The van der Waals surface area contributed by atoms with Crippen LogP contribution in [0.5, 0.6) is 0 Å². The predicted molar refractivity (Wildman–Crippen MR) is 203 cm³/mol. The molecule has 0 N–H and O–H groups in total. The Kier molecular flexibility index (Phi) is 21.5. The first-order valence-electron chi connectivity index (χ1n) is 15.8. The summed E-state index contributed by atoms with van der Waals surface area (Å²) in [7, 11) is 7.37. The number of benzene rings is 1. The van der Waals surface area contributed by atoms with E-state index in [1.807, 2.05) is 39.8 Å². The largest absolute Gasteiger partial charge is 0.465 e. The van der Waals surface area contributed by atoms with Crippen molar-refractivity contribution in [3.05, 3.63) is 35.9 Å². The van der Waals surface area contributed by atoms with Gasteiger partial charge < -0.3 is 14.4 Å². The average molecular weight is 706 g/mol. The van der Waals surface area contributed by atoms with Crippen LogP contribution in [0.4, 0.5) is 0 Å². The van der Waals surface area contributed by atoms with Crippen LogP contribution in [0.25, 0.3) is 0 Å². The normalized spacial score (nSPS) is 13.2. The summed E-state index contributed by atoms with van der Waals surface area (Å²) in [6, 6.07) is 10.3. The molecule has 0 bridgehead atoms. The first-order valence-corrected chi connectivity index (χ1v) is 22.9. The molecule has 1 aromatic rings. The maximum Gasteiger partial charge on any atom is 0.307 e. The van der Waals surface area contributed by atoms with Gasteiger partial charge in [-0.1, -0.05) is 137 Å². The van der Waals surface area contributed by atoms with Crippen molar-refractivity contribution in [2.75, 3.05) is 68.4 Å². The van der Waals surface area contributed by atoms with Crippen molar-refractivity contribution in [1.29, 1.82) is 0 Å². The van der Waals surface area contributed by atoms with Gasteiger partial charge in [0.2, 0.25) is 0 Å². The van der Waals surface area contributed by atoms with E-state index in [-0.39, 0.29) is 25.3 Å². The summed E-state index contributed by atoms with van der Waals surface area (Å²) in [5.41, 5.74) is 3.42. The van der Waals surface area contributed by atoms with Crippen molar-refractivity contribution in [2.24, 2.45) is 16.2 Å². The van der Waals surface area contributed by atoms with Gasteiger partial charge >= 0.3 is 11.9 Å². The van der Waals surface area contributed by atoms with E-state index in [1.54, 1.807) is 21.6 Å². The lowest BCUT2D eigenvalue weighted by Crippen LogP contribution is -2.31. The van der Waals surface area contributed by atoms with Crippen molar-refractivity contribution < 1.29 is 19.1 Å². The van der Waals surface area contributed by atoms with Gasteiger partial charge in [-0.25, -0.2) is 0 Å². The van der Waals surface area contributed by atoms with Gasteiger partial charge in [-0.2, -0.15) is 0 Å². The lowest BCUT2D eigenvalue weighted by Gasteiger charge is -2.31. The summed E-state index contributed by atoms with van der Waals surface area (Å²) in [4.78, 5) is 27.1. The van der Waals surface area contributed by atoms with Gasteiger partial charge in [0.15, 0.2) is 0 Å². The minimum absolute atomic E-state index is 0.0350. The molecule has 0 aromatic heterocycles. The van der Waals surface area contributed by atoms with Crippen LogP contribution < -0.4 is 0 Å². The van der Waals surface area contributed by atoms with E-state index in [4.69, 9.17) is 9.47 Å². The van der Waals surface area contributed by atoms with Crippen LogP contribution in [0.1, 0.15) is 80.2 Å². The molecule has 0 heterocycles. The van der Waals surface area contributed by atoms with Gasteiger partial charge in [0, 0.05) is 42.4 Å². The van der Waals surface area contributed by atoms with Crippen LogP contribution >= 0.6 is 51.1 Å². The van der Waals surface area contributed by atoms with Crippen LogP contribution in [0.15, 0.2) is 30.3 Å². The number of rotatable bonds is 23. The average Bonchev–Trinajstić information content (AvgIpc) is 2.90. The highest BCUT2D eigenvalue weighted by Crippen LogP contribution is 2.44. The molecule has 0 aliphatic rings. The second kappa shape index (κ2) is 22.5. The Balaban J connectivity index is 2.34. The molecule has 0 fully saturated rings. The molecule has 1 unspecified atom stereocenters. The molecular weight excluding hydrogens is 646 g/mol. The molecule has 0 aliphatic carbocycles. The minimum Gasteiger partial charge on any atom is -0.465 e. The lowest BCUT2D eigenvalue weighted by molar-refractivity contribution is -0.143. The number of esters is 2. The summed E-state index contributed by atoms with van der Waals surface area (Å²) >= 11 is 0. The standard InChI is InChI=1S/C34H60NO4PS4/c1-32(2,3)25-34(7,8)27-43-41-23-21-38-30(36)16-19-35(18-15-29-13-11-10-12-14-29)20-17-31(37)39-22-24-42-44-28-40(9)26-33(4,5)6/h10-14H,15-28H2,1-9H3. The SMILES string of the molecule is CP(CSSCCOC(=O)CCN(CCC(=O)OCCSSCC(C)(C)CC(C)(C)C)CCc1ccccc1)CC(C)(C)C. The Morgan fingerprint density at radius 1 is 0.750 bits per heavy atom. The summed E-state index contributed by atoms with van der Waals surface area (Å²) < 4.78 is 11.0. The number of hydrogen-bond donors (Lipinski definition) is 0. The molecule has 254 valence electrons. The third-order valence-electron chi connectivity index (χ3n) is 6.33. The second-order valence-corrected chi connectivity index (χ2v) is 22.6. The van der Waals surface area contributed by atoms with Crippen molar-refractivity contribution in [3.8, 4) is 0 Å². The number of carbonyl (C=O) groups excluding carboxylic acids is 2. The number of nitrogens with zero attached hydrogens (tertiary/aromatic N) is 1. The summed E-state index contributed by atoms with van der Waals surface area (Å²) in [5, 5.41) is 0. The maximum absolute atomic E-state index is 12.5. The van der Waals surface area contributed by atoms with Gasteiger partial charge in [-0.15, -0.1) is 0 Å². The first-order chi connectivity index (χ1) is 20.5. The van der Waals surface area contributed by atoms with Crippen LogP contribution in [-0.2, 0) is 25.5 Å². The molecule has 10 heteroatoms. The maximum atomic E-state index is 12.5. The highest BCUT2D eigenvalue weighted by molar-refractivity contribution is 8.77. The van der Waals surface area contributed by atoms with E-state index < -0.39 is 0 Å². The molecule has 1 atom stereocenters. The van der Waals surface area contributed by atoms with Crippen LogP contribution in [0.2, 0.25) is 0 Å². The van der Waals surface area contributed by atoms with Crippen molar-refractivity contribution >= 4 is 63.0 Å². The van der Waals surface area contributed by atoms with Gasteiger partial charge in [0.05, 0.1) is 12.8 Å². The van der Waals surface area contributed by atoms with Gasteiger partial charge in [-0.05, 0) is 47.5 Å². The van der Waals surface area contributed by atoms with Crippen LogP contribution in [0.3, 0.4) is 0 Å². The molecule has 0 spiro atoms. The van der Waals surface area contributed by atoms with Crippen LogP contribution in [0, 0.1) is 16.2 Å². The zero-order chi connectivity index (χ0) is 33.1. The molecule has 5 nitrogen and oxygen atoms in total. The Morgan fingerprint density at radius 2 is 1.30 bits per heavy atom. The second-order valence-electron chi connectivity index (χ2n) is 14.6. The number of hydrogen-bond acceptors (Lipinski definition) is 9. The van der Waals surface area contributed by atoms with Crippen LogP contribution in [-0.4, -0.2) is 85.3 Å².